The average molecular weight is 450 g/mol. The summed E-state index contributed by atoms with van der Waals surface area (Å²) in [7, 11) is -3.88. The zero-order valence-corrected chi connectivity index (χ0v) is 18.9. The summed E-state index contributed by atoms with van der Waals surface area (Å²) in [5.74, 6) is -0.296. The Balaban J connectivity index is 1.69. The van der Waals surface area contributed by atoms with Gasteiger partial charge in [-0.05, 0) is 70.1 Å². The first-order valence-electron chi connectivity index (χ1n) is 10.1. The maximum absolute atomic E-state index is 12.7. The fourth-order valence-corrected chi connectivity index (χ4v) is 4.93. The normalized spacial score (nSPS) is 15.6. The minimum Gasteiger partial charge on any atom is -0.350 e. The highest BCUT2D eigenvalue weighted by Gasteiger charge is 2.28. The number of sulfonamides is 1. The van der Waals surface area contributed by atoms with E-state index < -0.39 is 10.0 Å². The zero-order valence-electron chi connectivity index (χ0n) is 17.3. The van der Waals surface area contributed by atoms with Crippen LogP contribution in [-0.2, 0) is 10.0 Å². The van der Waals surface area contributed by atoms with Crippen LogP contribution in [0.1, 0.15) is 43.5 Å². The SMILES string of the molecule is CC(C)(CNC(=O)c1cccc(S(=O)(=O)Nc2ccccc2Cl)c1)N1CCCCC1. The molecule has 1 aliphatic heterocycles. The molecule has 1 aliphatic rings. The molecule has 3 rings (SSSR count). The van der Waals surface area contributed by atoms with Gasteiger partial charge in [0, 0.05) is 17.6 Å². The molecule has 2 N–H and O–H groups in total. The van der Waals surface area contributed by atoms with Crippen LogP contribution >= 0.6 is 11.6 Å². The number of rotatable bonds is 7. The maximum Gasteiger partial charge on any atom is 0.261 e. The van der Waals surface area contributed by atoms with E-state index >= 15 is 0 Å². The van der Waals surface area contributed by atoms with Gasteiger partial charge in [-0.25, -0.2) is 8.42 Å². The molecule has 0 aliphatic carbocycles. The van der Waals surface area contributed by atoms with E-state index in [1.165, 1.54) is 31.4 Å². The van der Waals surface area contributed by atoms with Crippen LogP contribution in [0.15, 0.2) is 53.4 Å². The number of hydrogen-bond acceptors (Lipinski definition) is 4. The summed E-state index contributed by atoms with van der Waals surface area (Å²) in [6.07, 6.45) is 3.61. The Labute approximate surface area is 183 Å². The van der Waals surface area contributed by atoms with E-state index in [4.69, 9.17) is 11.6 Å². The van der Waals surface area contributed by atoms with E-state index in [0.717, 1.165) is 13.1 Å². The Morgan fingerprint density at radius 3 is 2.47 bits per heavy atom. The van der Waals surface area contributed by atoms with E-state index in [2.05, 4.69) is 28.8 Å². The summed E-state index contributed by atoms with van der Waals surface area (Å²) >= 11 is 6.05. The first-order valence-corrected chi connectivity index (χ1v) is 12.0. The number of nitrogens with one attached hydrogen (secondary N) is 2. The lowest BCUT2D eigenvalue weighted by Crippen LogP contribution is -2.53. The molecule has 0 saturated carbocycles. The topological polar surface area (TPSA) is 78.5 Å². The van der Waals surface area contributed by atoms with Gasteiger partial charge < -0.3 is 5.32 Å². The second-order valence-electron chi connectivity index (χ2n) is 8.16. The van der Waals surface area contributed by atoms with Crippen molar-refractivity contribution in [2.45, 2.75) is 43.5 Å². The number of amides is 1. The smallest absolute Gasteiger partial charge is 0.261 e. The molecule has 1 fully saturated rings. The average Bonchev–Trinajstić information content (AvgIpc) is 2.74. The molecule has 0 unspecified atom stereocenters. The van der Waals surface area contributed by atoms with Gasteiger partial charge in [0.15, 0.2) is 0 Å². The van der Waals surface area contributed by atoms with E-state index in [-0.39, 0.29) is 22.0 Å². The summed E-state index contributed by atoms with van der Waals surface area (Å²) in [6, 6.07) is 12.6. The number of para-hydroxylation sites is 1. The van der Waals surface area contributed by atoms with Gasteiger partial charge in [-0.2, -0.15) is 0 Å². The second-order valence-corrected chi connectivity index (χ2v) is 10.2. The monoisotopic (exact) mass is 449 g/mol. The molecule has 1 amide bonds. The van der Waals surface area contributed by atoms with Crippen LogP contribution in [0, 0.1) is 0 Å². The lowest BCUT2D eigenvalue weighted by Gasteiger charge is -2.41. The molecular formula is C22H28ClN3O3S. The molecule has 6 nitrogen and oxygen atoms in total. The van der Waals surface area contributed by atoms with Gasteiger partial charge in [0.1, 0.15) is 0 Å². The molecule has 8 heteroatoms. The van der Waals surface area contributed by atoms with Crippen molar-refractivity contribution >= 4 is 33.2 Å². The van der Waals surface area contributed by atoms with Crippen molar-refractivity contribution in [1.82, 2.24) is 10.2 Å². The van der Waals surface area contributed by atoms with Crippen LogP contribution in [0.25, 0.3) is 0 Å². The van der Waals surface area contributed by atoms with Crippen LogP contribution in [-0.4, -0.2) is 44.4 Å². The number of likely N-dealkylation sites (tertiary alicyclic amines) is 1. The van der Waals surface area contributed by atoms with Crippen LogP contribution in [0.2, 0.25) is 5.02 Å². The zero-order chi connectivity index (χ0) is 21.8. The van der Waals surface area contributed by atoms with E-state index in [1.807, 2.05) is 0 Å². The molecule has 0 aromatic heterocycles. The highest BCUT2D eigenvalue weighted by atomic mass is 35.5. The molecule has 2 aromatic carbocycles. The summed E-state index contributed by atoms with van der Waals surface area (Å²) in [5.41, 5.74) is 0.426. The molecule has 0 radical (unpaired) electrons. The number of nitrogens with zero attached hydrogens (tertiary/aromatic N) is 1. The van der Waals surface area contributed by atoms with Crippen LogP contribution in [0.5, 0.6) is 0 Å². The third-order valence-corrected chi connectivity index (χ3v) is 7.11. The highest BCUT2D eigenvalue weighted by molar-refractivity contribution is 7.92. The van der Waals surface area contributed by atoms with E-state index in [0.29, 0.717) is 17.1 Å². The van der Waals surface area contributed by atoms with Crippen molar-refractivity contribution < 1.29 is 13.2 Å². The number of piperidine rings is 1. The van der Waals surface area contributed by atoms with Crippen LogP contribution in [0.3, 0.4) is 0 Å². The molecule has 2 aromatic rings. The fourth-order valence-electron chi connectivity index (χ4n) is 3.56. The summed E-state index contributed by atoms with van der Waals surface area (Å²) < 4.78 is 28.0. The van der Waals surface area contributed by atoms with Crippen molar-refractivity contribution in [3.8, 4) is 0 Å². The molecule has 1 heterocycles. The van der Waals surface area contributed by atoms with Gasteiger partial charge in [0.05, 0.1) is 15.6 Å². The van der Waals surface area contributed by atoms with Crippen molar-refractivity contribution in [2.75, 3.05) is 24.4 Å². The van der Waals surface area contributed by atoms with Crippen molar-refractivity contribution in [3.63, 3.8) is 0 Å². The Morgan fingerprint density at radius 1 is 1.07 bits per heavy atom. The molecule has 162 valence electrons. The lowest BCUT2D eigenvalue weighted by atomic mass is 9.98. The molecule has 0 atom stereocenters. The summed E-state index contributed by atoms with van der Waals surface area (Å²) in [4.78, 5) is 15.1. The Kier molecular flexibility index (Phi) is 7.06. The molecule has 30 heavy (non-hydrogen) atoms. The number of hydrogen-bond donors (Lipinski definition) is 2. The molecule has 0 spiro atoms. The standard InChI is InChI=1S/C22H28ClN3O3S/c1-22(2,26-13-6-3-7-14-26)16-24-21(27)17-9-8-10-18(15-17)30(28,29)25-20-12-5-4-11-19(20)23/h4-5,8-12,15,25H,3,6-7,13-14,16H2,1-2H3,(H,24,27). The quantitative estimate of drug-likeness (QED) is 0.666. The minimum atomic E-state index is -3.88. The third-order valence-electron chi connectivity index (χ3n) is 5.42. The van der Waals surface area contributed by atoms with E-state index in [9.17, 15) is 13.2 Å². The molecule has 1 saturated heterocycles. The fraction of sp³-hybridized carbons (Fsp3) is 0.409. The number of carbonyl (C=O) groups excluding carboxylic acids is 1. The van der Waals surface area contributed by atoms with Gasteiger partial charge in [-0.3, -0.25) is 14.4 Å². The number of anilines is 1. The Bertz CT molecular complexity index is 1000. The predicted octanol–water partition coefficient (Wildman–Crippen LogP) is 4.14. The summed E-state index contributed by atoms with van der Waals surface area (Å²) in [5, 5.41) is 3.26. The first-order chi connectivity index (χ1) is 14.2. The van der Waals surface area contributed by atoms with Gasteiger partial charge in [0.2, 0.25) is 0 Å². The maximum atomic E-state index is 12.7. The number of halogens is 1. The first kappa shape index (κ1) is 22.6. The minimum absolute atomic E-state index is 0.00496. The Hall–Kier alpha value is -2.09. The number of benzene rings is 2. The van der Waals surface area contributed by atoms with Crippen molar-refractivity contribution in [2.24, 2.45) is 0 Å². The number of carbonyl (C=O) groups is 1. The van der Waals surface area contributed by atoms with Gasteiger partial charge in [0.25, 0.3) is 15.9 Å². The van der Waals surface area contributed by atoms with Crippen LogP contribution < -0.4 is 10.0 Å². The van der Waals surface area contributed by atoms with Crippen LogP contribution in [0.4, 0.5) is 5.69 Å². The highest BCUT2D eigenvalue weighted by Crippen LogP contribution is 2.24. The lowest BCUT2D eigenvalue weighted by molar-refractivity contribution is 0.0797. The van der Waals surface area contributed by atoms with Gasteiger partial charge >= 0.3 is 0 Å². The van der Waals surface area contributed by atoms with Crippen molar-refractivity contribution in [1.29, 1.82) is 0 Å². The molecular weight excluding hydrogens is 422 g/mol. The summed E-state index contributed by atoms with van der Waals surface area (Å²) in [6.45, 7) is 6.79. The third kappa shape index (κ3) is 5.53. The second kappa shape index (κ2) is 9.37. The molecule has 0 bridgehead atoms. The largest absolute Gasteiger partial charge is 0.350 e. The Morgan fingerprint density at radius 2 is 1.77 bits per heavy atom. The van der Waals surface area contributed by atoms with E-state index in [1.54, 1.807) is 36.4 Å². The van der Waals surface area contributed by atoms with Crippen molar-refractivity contribution in [3.05, 3.63) is 59.1 Å². The predicted molar refractivity (Wildman–Crippen MR) is 121 cm³/mol. The van der Waals surface area contributed by atoms with Gasteiger partial charge in [-0.15, -0.1) is 0 Å². The van der Waals surface area contributed by atoms with Gasteiger partial charge in [-0.1, -0.05) is 36.2 Å².